The normalized spacial score (nSPS) is 15.2. The topological polar surface area (TPSA) is 93.5 Å². The van der Waals surface area contributed by atoms with E-state index >= 15 is 0 Å². The van der Waals surface area contributed by atoms with Gasteiger partial charge < -0.3 is 14.6 Å². The highest BCUT2D eigenvalue weighted by molar-refractivity contribution is 7.89. The van der Waals surface area contributed by atoms with Gasteiger partial charge in [-0.3, -0.25) is 4.79 Å². The minimum atomic E-state index is -3.63. The van der Waals surface area contributed by atoms with Gasteiger partial charge in [0.05, 0.1) is 23.5 Å². The van der Waals surface area contributed by atoms with Crippen molar-refractivity contribution in [2.24, 2.45) is 5.92 Å². The molecule has 34 heavy (non-hydrogen) atoms. The fraction of sp³-hybridized carbons (Fsp3) is 0.333. The molecule has 10 heteroatoms. The number of benzene rings is 2. The van der Waals surface area contributed by atoms with Crippen LogP contribution in [0.2, 0.25) is 0 Å². The first-order valence-electron chi connectivity index (χ1n) is 11.2. The molecule has 0 radical (unpaired) electrons. The van der Waals surface area contributed by atoms with Crippen molar-refractivity contribution < 1.29 is 22.3 Å². The summed E-state index contributed by atoms with van der Waals surface area (Å²) in [4.78, 5) is 16.8. The van der Waals surface area contributed by atoms with Crippen molar-refractivity contribution in [2.45, 2.75) is 31.2 Å². The van der Waals surface area contributed by atoms with Crippen LogP contribution in [0.5, 0.6) is 5.75 Å². The van der Waals surface area contributed by atoms with E-state index in [1.807, 2.05) is 6.92 Å². The Balaban J connectivity index is 1.30. The van der Waals surface area contributed by atoms with Crippen molar-refractivity contribution in [1.82, 2.24) is 19.2 Å². The Bertz CT molecular complexity index is 1220. The molecule has 180 valence electrons. The van der Waals surface area contributed by atoms with E-state index in [0.717, 1.165) is 0 Å². The number of aromatic nitrogens is 2. The van der Waals surface area contributed by atoms with Crippen molar-refractivity contribution in [3.05, 3.63) is 72.6 Å². The van der Waals surface area contributed by atoms with Crippen LogP contribution in [0.15, 0.2) is 66.1 Å². The number of rotatable bonds is 8. The Morgan fingerprint density at radius 3 is 2.53 bits per heavy atom. The van der Waals surface area contributed by atoms with Gasteiger partial charge in [-0.1, -0.05) is 6.07 Å². The summed E-state index contributed by atoms with van der Waals surface area (Å²) >= 11 is 0. The Hall–Kier alpha value is -3.24. The van der Waals surface area contributed by atoms with E-state index in [1.54, 1.807) is 41.2 Å². The van der Waals surface area contributed by atoms with E-state index in [2.05, 4.69) is 10.3 Å². The molecule has 1 fully saturated rings. The number of nitrogens with zero attached hydrogens (tertiary/aromatic N) is 3. The van der Waals surface area contributed by atoms with Crippen LogP contribution in [0, 0.1) is 11.7 Å². The molecule has 1 aliphatic rings. The molecule has 0 bridgehead atoms. The zero-order valence-corrected chi connectivity index (χ0v) is 19.7. The minimum absolute atomic E-state index is 0.155. The molecule has 1 N–H and O–H groups in total. The summed E-state index contributed by atoms with van der Waals surface area (Å²) in [6.07, 6.45) is 5.60. The summed E-state index contributed by atoms with van der Waals surface area (Å²) in [5.74, 6) is -0.232. The maximum Gasteiger partial charge on any atom is 0.243 e. The average molecular weight is 487 g/mol. The van der Waals surface area contributed by atoms with Gasteiger partial charge in [0.1, 0.15) is 11.6 Å². The lowest BCUT2D eigenvalue weighted by Gasteiger charge is -2.30. The first-order valence-corrected chi connectivity index (χ1v) is 12.6. The van der Waals surface area contributed by atoms with Crippen molar-refractivity contribution in [3.63, 3.8) is 0 Å². The van der Waals surface area contributed by atoms with Gasteiger partial charge in [0.2, 0.25) is 15.9 Å². The van der Waals surface area contributed by atoms with Gasteiger partial charge in [-0.25, -0.2) is 17.8 Å². The summed E-state index contributed by atoms with van der Waals surface area (Å²) in [5.41, 5.74) is 1.03. The first-order chi connectivity index (χ1) is 16.4. The number of carbonyl (C=O) groups excluding carboxylic acids is 1. The Morgan fingerprint density at radius 1 is 1.18 bits per heavy atom. The van der Waals surface area contributed by atoms with E-state index in [0.29, 0.717) is 36.4 Å². The van der Waals surface area contributed by atoms with Crippen molar-refractivity contribution >= 4 is 15.9 Å². The smallest absolute Gasteiger partial charge is 0.243 e. The highest BCUT2D eigenvalue weighted by Crippen LogP contribution is 2.25. The monoisotopic (exact) mass is 486 g/mol. The van der Waals surface area contributed by atoms with Crippen LogP contribution in [-0.4, -0.2) is 47.9 Å². The predicted molar refractivity (Wildman–Crippen MR) is 124 cm³/mol. The molecule has 0 aliphatic carbocycles. The summed E-state index contributed by atoms with van der Waals surface area (Å²) in [6, 6.07) is 11.1. The number of hydrogen-bond acceptors (Lipinski definition) is 5. The molecule has 0 saturated carbocycles. The maximum atomic E-state index is 14.4. The van der Waals surface area contributed by atoms with Gasteiger partial charge >= 0.3 is 0 Å². The lowest BCUT2D eigenvalue weighted by molar-refractivity contribution is -0.126. The number of nitrogens with one attached hydrogen (secondary N) is 1. The molecule has 1 aliphatic heterocycles. The van der Waals surface area contributed by atoms with Crippen molar-refractivity contribution in [1.29, 1.82) is 0 Å². The number of ether oxygens (including phenoxy) is 1. The molecule has 4 rings (SSSR count). The standard InChI is InChI=1S/C24H27FN4O4S/c1-2-33-20-4-6-21(7-5-20)34(31,32)29-12-9-19(10-13-29)24(30)27-16-18-3-8-23(22(25)15-18)28-14-11-26-17-28/h3-8,11,14-15,17,19H,2,9-10,12-13,16H2,1H3,(H,27,30). The highest BCUT2D eigenvalue weighted by atomic mass is 32.2. The second-order valence-corrected chi connectivity index (χ2v) is 9.99. The number of sulfonamides is 1. The molecular formula is C24H27FN4O4S. The lowest BCUT2D eigenvalue weighted by atomic mass is 9.97. The summed E-state index contributed by atoms with van der Waals surface area (Å²) < 4.78 is 48.6. The summed E-state index contributed by atoms with van der Waals surface area (Å²) in [6.45, 7) is 3.10. The minimum Gasteiger partial charge on any atom is -0.494 e. The molecule has 1 amide bonds. The number of amides is 1. The third-order valence-electron chi connectivity index (χ3n) is 5.86. The van der Waals surface area contributed by atoms with Gasteiger partial charge in [0, 0.05) is 37.9 Å². The molecule has 1 aromatic heterocycles. The van der Waals surface area contributed by atoms with Gasteiger partial charge in [0.25, 0.3) is 0 Å². The van der Waals surface area contributed by atoms with E-state index in [-0.39, 0.29) is 36.4 Å². The van der Waals surface area contributed by atoms with E-state index < -0.39 is 15.8 Å². The molecule has 0 unspecified atom stereocenters. The molecule has 2 aromatic carbocycles. The lowest BCUT2D eigenvalue weighted by Crippen LogP contribution is -2.42. The molecule has 8 nitrogen and oxygen atoms in total. The van der Waals surface area contributed by atoms with Crippen molar-refractivity contribution in [2.75, 3.05) is 19.7 Å². The first kappa shape index (κ1) is 23.9. The van der Waals surface area contributed by atoms with Crippen LogP contribution in [0.1, 0.15) is 25.3 Å². The van der Waals surface area contributed by atoms with Crippen LogP contribution in [0.25, 0.3) is 5.69 Å². The quantitative estimate of drug-likeness (QED) is 0.528. The largest absolute Gasteiger partial charge is 0.494 e. The number of halogens is 1. The fourth-order valence-electron chi connectivity index (χ4n) is 3.99. The fourth-order valence-corrected chi connectivity index (χ4v) is 5.46. The summed E-state index contributed by atoms with van der Waals surface area (Å²) in [7, 11) is -3.63. The Morgan fingerprint density at radius 2 is 1.91 bits per heavy atom. The molecule has 0 spiro atoms. The number of imidazole rings is 1. The number of hydrogen-bond donors (Lipinski definition) is 1. The molecular weight excluding hydrogens is 459 g/mol. The second-order valence-electron chi connectivity index (χ2n) is 8.06. The van der Waals surface area contributed by atoms with Crippen LogP contribution in [0.3, 0.4) is 0 Å². The average Bonchev–Trinajstić information content (AvgIpc) is 3.38. The van der Waals surface area contributed by atoms with Crippen LogP contribution in [0.4, 0.5) is 4.39 Å². The zero-order valence-electron chi connectivity index (χ0n) is 18.9. The molecule has 2 heterocycles. The summed E-state index contributed by atoms with van der Waals surface area (Å²) in [5, 5.41) is 2.85. The van der Waals surface area contributed by atoms with Crippen LogP contribution >= 0.6 is 0 Å². The Kier molecular flexibility index (Phi) is 7.28. The molecule has 3 aromatic rings. The van der Waals surface area contributed by atoms with Gasteiger partial charge in [0.15, 0.2) is 0 Å². The second kappa shape index (κ2) is 10.4. The third kappa shape index (κ3) is 5.28. The Labute approximate surface area is 198 Å². The van der Waals surface area contributed by atoms with Crippen LogP contribution < -0.4 is 10.1 Å². The SMILES string of the molecule is CCOc1ccc(S(=O)(=O)N2CCC(C(=O)NCc3ccc(-n4ccnc4)c(F)c3)CC2)cc1. The van der Waals surface area contributed by atoms with E-state index in [9.17, 15) is 17.6 Å². The molecule has 0 atom stereocenters. The van der Waals surface area contributed by atoms with Gasteiger partial charge in [-0.2, -0.15) is 4.31 Å². The number of piperidine rings is 1. The third-order valence-corrected chi connectivity index (χ3v) is 7.77. The highest BCUT2D eigenvalue weighted by Gasteiger charge is 2.32. The van der Waals surface area contributed by atoms with E-state index in [1.165, 1.54) is 28.8 Å². The predicted octanol–water partition coefficient (Wildman–Crippen LogP) is 3.13. The van der Waals surface area contributed by atoms with E-state index in [4.69, 9.17) is 4.74 Å². The van der Waals surface area contributed by atoms with Gasteiger partial charge in [-0.15, -0.1) is 0 Å². The maximum absolute atomic E-state index is 14.4. The van der Waals surface area contributed by atoms with Crippen LogP contribution in [-0.2, 0) is 21.4 Å². The zero-order chi connectivity index (χ0) is 24.1. The number of carbonyl (C=O) groups is 1. The molecule has 1 saturated heterocycles. The van der Waals surface area contributed by atoms with Gasteiger partial charge in [-0.05, 0) is 61.7 Å². The van der Waals surface area contributed by atoms with Crippen molar-refractivity contribution in [3.8, 4) is 11.4 Å².